The molecule has 0 saturated heterocycles. The van der Waals surface area contributed by atoms with Crippen molar-refractivity contribution in [2.24, 2.45) is 0 Å². The lowest BCUT2D eigenvalue weighted by Gasteiger charge is -2.09. The van der Waals surface area contributed by atoms with Crippen LogP contribution in [0.1, 0.15) is 31.1 Å². The Morgan fingerprint density at radius 1 is 0.652 bits per heavy atom. The second-order valence-corrected chi connectivity index (χ2v) is 6.47. The van der Waals surface area contributed by atoms with E-state index in [1.54, 1.807) is 18.2 Å². The molecule has 118 valence electrons. The molecule has 0 radical (unpaired) electrons. The molecule has 0 fully saturated rings. The number of carboxylic acids is 3. The number of benzene rings is 2. The molecule has 0 aliphatic heterocycles. The Morgan fingerprint density at radius 3 is 1.78 bits per heavy atom. The summed E-state index contributed by atoms with van der Waals surface area (Å²) in [5, 5.41) is 27.5. The molecule has 3 N–H and O–H groups in total. The molecule has 6 nitrogen and oxygen atoms in total. The lowest BCUT2D eigenvalue weighted by molar-refractivity contribution is 0.0648. The summed E-state index contributed by atoms with van der Waals surface area (Å²) in [6.45, 7) is 0. The van der Waals surface area contributed by atoms with E-state index in [1.807, 2.05) is 0 Å². The van der Waals surface area contributed by atoms with Gasteiger partial charge in [0.2, 0.25) is 0 Å². The Kier molecular flexibility index (Phi) is 5.30. The Labute approximate surface area is 138 Å². The van der Waals surface area contributed by atoms with Crippen LogP contribution in [-0.2, 0) is 0 Å². The monoisotopic (exact) mass is 350 g/mol. The first-order valence-corrected chi connectivity index (χ1v) is 8.33. The predicted octanol–water partition coefficient (Wildman–Crippen LogP) is 3.58. The van der Waals surface area contributed by atoms with Crippen LogP contribution in [0.2, 0.25) is 0 Å². The third-order valence-corrected chi connectivity index (χ3v) is 5.28. The summed E-state index contributed by atoms with van der Waals surface area (Å²) in [6, 6.07) is 10.4. The van der Waals surface area contributed by atoms with Gasteiger partial charge in [0.05, 0.1) is 16.7 Å². The minimum atomic E-state index is -1.35. The fourth-order valence-electron chi connectivity index (χ4n) is 1.81. The molecule has 23 heavy (non-hydrogen) atoms. The third-order valence-electron chi connectivity index (χ3n) is 2.81. The maximum atomic E-state index is 11.4. The Balaban J connectivity index is 2.35. The van der Waals surface area contributed by atoms with E-state index in [-0.39, 0.29) is 21.6 Å². The summed E-state index contributed by atoms with van der Waals surface area (Å²) in [5.41, 5.74) is -0.531. The SMILES string of the molecule is O=C(O)c1ccccc1SSc1cccc(C(=O)O)c1C(=O)O. The first-order chi connectivity index (χ1) is 10.9. The second-order valence-electron chi connectivity index (χ2n) is 4.26. The topological polar surface area (TPSA) is 112 Å². The van der Waals surface area contributed by atoms with Crippen molar-refractivity contribution in [3.8, 4) is 0 Å². The van der Waals surface area contributed by atoms with Crippen LogP contribution < -0.4 is 0 Å². The fraction of sp³-hybridized carbons (Fsp3) is 0. The van der Waals surface area contributed by atoms with Crippen LogP contribution in [0.15, 0.2) is 52.3 Å². The van der Waals surface area contributed by atoms with E-state index in [1.165, 1.54) is 24.3 Å². The molecule has 8 heteroatoms. The van der Waals surface area contributed by atoms with Gasteiger partial charge in [0, 0.05) is 9.79 Å². The molecule has 2 aromatic carbocycles. The van der Waals surface area contributed by atoms with Crippen LogP contribution in [0.3, 0.4) is 0 Å². The van der Waals surface area contributed by atoms with E-state index in [0.29, 0.717) is 4.90 Å². The van der Waals surface area contributed by atoms with Crippen molar-refractivity contribution in [2.45, 2.75) is 9.79 Å². The molecule has 0 spiro atoms. The van der Waals surface area contributed by atoms with E-state index in [9.17, 15) is 19.5 Å². The molecule has 0 saturated carbocycles. The summed E-state index contributed by atoms with van der Waals surface area (Å²) >= 11 is 0. The van der Waals surface area contributed by atoms with Crippen LogP contribution in [0.4, 0.5) is 0 Å². The van der Waals surface area contributed by atoms with Gasteiger partial charge in [0.25, 0.3) is 0 Å². The first kappa shape index (κ1) is 16.9. The molecule has 0 atom stereocenters. The minimum Gasteiger partial charge on any atom is -0.478 e. The van der Waals surface area contributed by atoms with Crippen LogP contribution >= 0.6 is 21.6 Å². The zero-order valence-electron chi connectivity index (χ0n) is 11.4. The number of carbonyl (C=O) groups is 3. The summed E-state index contributed by atoms with van der Waals surface area (Å²) in [4.78, 5) is 34.3. The van der Waals surface area contributed by atoms with Gasteiger partial charge in [-0.1, -0.05) is 39.8 Å². The van der Waals surface area contributed by atoms with E-state index < -0.39 is 17.9 Å². The average Bonchev–Trinajstić information content (AvgIpc) is 2.52. The molecule has 2 rings (SSSR count). The molecule has 0 aliphatic rings. The number of hydrogen-bond donors (Lipinski definition) is 3. The quantitative estimate of drug-likeness (QED) is 0.678. The third kappa shape index (κ3) is 3.85. The lowest BCUT2D eigenvalue weighted by Crippen LogP contribution is -2.09. The van der Waals surface area contributed by atoms with Gasteiger partial charge in [-0.15, -0.1) is 0 Å². The Bertz CT molecular complexity index is 787. The Hall–Kier alpha value is -2.45. The second kappa shape index (κ2) is 7.21. The van der Waals surface area contributed by atoms with Gasteiger partial charge in [0.15, 0.2) is 0 Å². The van der Waals surface area contributed by atoms with Gasteiger partial charge >= 0.3 is 17.9 Å². The highest BCUT2D eigenvalue weighted by Gasteiger charge is 2.21. The highest BCUT2D eigenvalue weighted by Crippen LogP contribution is 2.41. The highest BCUT2D eigenvalue weighted by molar-refractivity contribution is 8.76. The van der Waals surface area contributed by atoms with Crippen molar-refractivity contribution < 1.29 is 29.7 Å². The van der Waals surface area contributed by atoms with E-state index >= 15 is 0 Å². The number of carboxylic acid groups (broad SMARTS) is 3. The minimum absolute atomic E-state index is 0.0938. The summed E-state index contributed by atoms with van der Waals surface area (Å²) in [5.74, 6) is -3.77. The summed E-state index contributed by atoms with van der Waals surface area (Å²) < 4.78 is 0. The molecule has 0 aliphatic carbocycles. The number of rotatable bonds is 6. The van der Waals surface area contributed by atoms with Gasteiger partial charge < -0.3 is 15.3 Å². The molecule has 0 amide bonds. The van der Waals surface area contributed by atoms with Crippen LogP contribution in [0.5, 0.6) is 0 Å². The van der Waals surface area contributed by atoms with E-state index in [4.69, 9.17) is 10.2 Å². The van der Waals surface area contributed by atoms with Crippen molar-refractivity contribution in [2.75, 3.05) is 0 Å². The largest absolute Gasteiger partial charge is 0.478 e. The first-order valence-electron chi connectivity index (χ1n) is 6.18. The van der Waals surface area contributed by atoms with Crippen LogP contribution in [0.25, 0.3) is 0 Å². The zero-order valence-corrected chi connectivity index (χ0v) is 13.1. The van der Waals surface area contributed by atoms with Crippen LogP contribution in [0, 0.1) is 0 Å². The van der Waals surface area contributed by atoms with Crippen molar-refractivity contribution in [1.29, 1.82) is 0 Å². The molecule has 0 unspecified atom stereocenters. The van der Waals surface area contributed by atoms with Gasteiger partial charge in [0.1, 0.15) is 0 Å². The average molecular weight is 350 g/mol. The van der Waals surface area contributed by atoms with Crippen molar-refractivity contribution in [1.82, 2.24) is 0 Å². The van der Waals surface area contributed by atoms with Gasteiger partial charge in [-0.05, 0) is 24.3 Å². The fourth-order valence-corrected chi connectivity index (χ4v) is 4.17. The maximum absolute atomic E-state index is 11.4. The van der Waals surface area contributed by atoms with E-state index in [2.05, 4.69) is 0 Å². The van der Waals surface area contributed by atoms with Crippen molar-refractivity contribution in [3.05, 3.63) is 59.2 Å². The smallest absolute Gasteiger partial charge is 0.337 e. The lowest BCUT2D eigenvalue weighted by atomic mass is 10.1. The summed E-state index contributed by atoms with van der Waals surface area (Å²) in [6.07, 6.45) is 0. The normalized spacial score (nSPS) is 10.3. The van der Waals surface area contributed by atoms with Gasteiger partial charge in [-0.25, -0.2) is 14.4 Å². The molecule has 0 bridgehead atoms. The van der Waals surface area contributed by atoms with Gasteiger partial charge in [-0.3, -0.25) is 0 Å². The zero-order chi connectivity index (χ0) is 17.0. The molecule has 0 heterocycles. The maximum Gasteiger partial charge on any atom is 0.337 e. The van der Waals surface area contributed by atoms with Gasteiger partial charge in [-0.2, -0.15) is 0 Å². The van der Waals surface area contributed by atoms with Crippen LogP contribution in [-0.4, -0.2) is 33.2 Å². The van der Waals surface area contributed by atoms with E-state index in [0.717, 1.165) is 21.6 Å². The summed E-state index contributed by atoms with van der Waals surface area (Å²) in [7, 11) is 2.06. The molecular weight excluding hydrogens is 340 g/mol. The number of hydrogen-bond acceptors (Lipinski definition) is 5. The molecular formula is C15H10O6S2. The Morgan fingerprint density at radius 2 is 1.17 bits per heavy atom. The molecule has 0 aromatic heterocycles. The predicted molar refractivity (Wildman–Crippen MR) is 85.5 cm³/mol. The van der Waals surface area contributed by atoms with Crippen molar-refractivity contribution in [3.63, 3.8) is 0 Å². The standard InChI is InChI=1S/C15H10O6S2/c16-13(17)8-4-1-2-6-10(8)22-23-11-7-3-5-9(14(18)19)12(11)15(20)21/h1-7H,(H,16,17)(H,18,19)(H,20,21). The molecule has 2 aromatic rings. The van der Waals surface area contributed by atoms with Crippen molar-refractivity contribution >= 4 is 39.5 Å². The highest BCUT2D eigenvalue weighted by atomic mass is 33.1. The number of aromatic carboxylic acids is 3.